The highest BCUT2D eigenvalue weighted by Gasteiger charge is 2.32. The molecule has 0 unspecified atom stereocenters. The van der Waals surface area contributed by atoms with E-state index < -0.39 is 9.84 Å². The Morgan fingerprint density at radius 2 is 1.95 bits per heavy atom. The van der Waals surface area contributed by atoms with E-state index >= 15 is 0 Å². The highest BCUT2D eigenvalue weighted by Crippen LogP contribution is 2.31. The number of hydrogen-bond donors (Lipinski definition) is 1. The SMILES string of the molecule is O=S1(=O)CCc2nc(Cl)nc(NCc3ccccc3)c21. The number of anilines is 1. The first-order valence-corrected chi connectivity index (χ1v) is 8.16. The summed E-state index contributed by atoms with van der Waals surface area (Å²) in [6.45, 7) is 0.482. The van der Waals surface area contributed by atoms with Gasteiger partial charge in [0.15, 0.2) is 9.84 Å². The molecule has 1 aliphatic heterocycles. The van der Waals surface area contributed by atoms with Crippen molar-refractivity contribution >= 4 is 27.3 Å². The molecule has 0 radical (unpaired) electrons. The van der Waals surface area contributed by atoms with E-state index in [1.54, 1.807) is 0 Å². The minimum Gasteiger partial charge on any atom is -0.365 e. The third-order valence-electron chi connectivity index (χ3n) is 3.13. The second-order valence-corrected chi connectivity index (χ2v) is 6.91. The van der Waals surface area contributed by atoms with E-state index in [9.17, 15) is 8.42 Å². The van der Waals surface area contributed by atoms with E-state index in [4.69, 9.17) is 11.6 Å². The van der Waals surface area contributed by atoms with Crippen LogP contribution in [0.3, 0.4) is 0 Å². The zero-order chi connectivity index (χ0) is 14.2. The largest absolute Gasteiger partial charge is 0.365 e. The van der Waals surface area contributed by atoms with E-state index in [1.807, 2.05) is 30.3 Å². The standard InChI is InChI=1S/C13H12ClN3O2S/c14-13-16-10-6-7-20(18,19)11(10)12(17-13)15-8-9-4-2-1-3-5-9/h1-5H,6-8H2,(H,15,16,17). The van der Waals surface area contributed by atoms with Gasteiger partial charge in [0.05, 0.1) is 11.4 Å². The van der Waals surface area contributed by atoms with Crippen LogP contribution in [-0.2, 0) is 22.8 Å². The number of nitrogens with one attached hydrogen (secondary N) is 1. The van der Waals surface area contributed by atoms with Crippen LogP contribution in [-0.4, -0.2) is 24.1 Å². The number of rotatable bonds is 3. The number of aryl methyl sites for hydroxylation is 1. The fourth-order valence-corrected chi connectivity index (χ4v) is 3.97. The Hall–Kier alpha value is -1.66. The Morgan fingerprint density at radius 1 is 1.20 bits per heavy atom. The smallest absolute Gasteiger partial charge is 0.224 e. The average Bonchev–Trinajstić information content (AvgIpc) is 2.73. The van der Waals surface area contributed by atoms with Crippen molar-refractivity contribution in [3.8, 4) is 0 Å². The molecular formula is C13H12ClN3O2S. The van der Waals surface area contributed by atoms with Crippen molar-refractivity contribution in [3.63, 3.8) is 0 Å². The topological polar surface area (TPSA) is 72.0 Å². The Morgan fingerprint density at radius 3 is 2.70 bits per heavy atom. The van der Waals surface area contributed by atoms with Crippen LogP contribution in [0.25, 0.3) is 0 Å². The molecular weight excluding hydrogens is 298 g/mol. The fourth-order valence-electron chi connectivity index (χ4n) is 2.20. The third-order valence-corrected chi connectivity index (χ3v) is 5.09. The number of sulfone groups is 1. The molecule has 2 aromatic rings. The van der Waals surface area contributed by atoms with Gasteiger partial charge < -0.3 is 5.32 Å². The summed E-state index contributed by atoms with van der Waals surface area (Å²) < 4.78 is 24.1. The lowest BCUT2D eigenvalue weighted by atomic mass is 10.2. The summed E-state index contributed by atoms with van der Waals surface area (Å²) in [5.41, 5.74) is 1.53. The maximum Gasteiger partial charge on any atom is 0.224 e. The van der Waals surface area contributed by atoms with Crippen molar-refractivity contribution < 1.29 is 8.42 Å². The van der Waals surface area contributed by atoms with E-state index in [-0.39, 0.29) is 15.9 Å². The Bertz CT molecular complexity index is 748. The molecule has 0 aliphatic carbocycles. The molecule has 7 heteroatoms. The molecule has 1 aliphatic rings. The van der Waals surface area contributed by atoms with Crippen LogP contribution >= 0.6 is 11.6 Å². The molecule has 0 saturated heterocycles. The minimum atomic E-state index is -3.30. The van der Waals surface area contributed by atoms with Crippen molar-refractivity contribution in [1.29, 1.82) is 0 Å². The lowest BCUT2D eigenvalue weighted by molar-refractivity contribution is 0.600. The van der Waals surface area contributed by atoms with Gasteiger partial charge in [-0.25, -0.2) is 13.4 Å². The molecule has 0 saturated carbocycles. The van der Waals surface area contributed by atoms with Crippen molar-refractivity contribution in [2.75, 3.05) is 11.1 Å². The van der Waals surface area contributed by atoms with Crippen LogP contribution in [0.5, 0.6) is 0 Å². The number of fused-ring (bicyclic) bond motifs is 1. The van der Waals surface area contributed by atoms with Gasteiger partial charge in [-0.2, -0.15) is 4.98 Å². The maximum absolute atomic E-state index is 12.0. The van der Waals surface area contributed by atoms with Gasteiger partial charge in [0.2, 0.25) is 5.28 Å². The molecule has 3 rings (SSSR count). The molecule has 0 fully saturated rings. The molecule has 1 aromatic carbocycles. The zero-order valence-electron chi connectivity index (χ0n) is 10.5. The summed E-state index contributed by atoms with van der Waals surface area (Å²) in [5, 5.41) is 3.11. The van der Waals surface area contributed by atoms with Crippen molar-refractivity contribution in [1.82, 2.24) is 9.97 Å². The number of nitrogens with zero attached hydrogens (tertiary/aromatic N) is 2. The van der Waals surface area contributed by atoms with Gasteiger partial charge >= 0.3 is 0 Å². The summed E-state index contributed by atoms with van der Waals surface area (Å²) >= 11 is 5.85. The first-order valence-electron chi connectivity index (χ1n) is 6.13. The Balaban J connectivity index is 1.94. The summed E-state index contributed by atoms with van der Waals surface area (Å²) in [6, 6.07) is 9.67. The van der Waals surface area contributed by atoms with Gasteiger partial charge in [-0.05, 0) is 17.2 Å². The van der Waals surface area contributed by atoms with Crippen LogP contribution in [0, 0.1) is 0 Å². The second kappa shape index (κ2) is 5.03. The molecule has 0 spiro atoms. The predicted octanol–water partition coefficient (Wildman–Crippen LogP) is 2.07. The van der Waals surface area contributed by atoms with E-state index in [0.717, 1.165) is 5.56 Å². The van der Waals surface area contributed by atoms with Crippen molar-refractivity contribution in [2.24, 2.45) is 0 Å². The van der Waals surface area contributed by atoms with Gasteiger partial charge in [-0.1, -0.05) is 30.3 Å². The fraction of sp³-hybridized carbons (Fsp3) is 0.231. The average molecular weight is 310 g/mol. The molecule has 2 heterocycles. The molecule has 104 valence electrons. The number of hydrogen-bond acceptors (Lipinski definition) is 5. The van der Waals surface area contributed by atoms with E-state index in [2.05, 4.69) is 15.3 Å². The molecule has 20 heavy (non-hydrogen) atoms. The second-order valence-electron chi connectivity index (χ2n) is 4.53. The van der Waals surface area contributed by atoms with Crippen LogP contribution < -0.4 is 5.32 Å². The summed E-state index contributed by atoms with van der Waals surface area (Å²) in [7, 11) is -3.30. The molecule has 5 nitrogen and oxygen atoms in total. The van der Waals surface area contributed by atoms with Gasteiger partial charge in [0, 0.05) is 13.0 Å². The maximum atomic E-state index is 12.0. The zero-order valence-corrected chi connectivity index (χ0v) is 12.1. The van der Waals surface area contributed by atoms with Crippen LogP contribution in [0.15, 0.2) is 35.2 Å². The predicted molar refractivity (Wildman–Crippen MR) is 76.6 cm³/mol. The highest BCUT2D eigenvalue weighted by atomic mass is 35.5. The Labute approximate surface area is 121 Å². The molecule has 1 aromatic heterocycles. The lowest BCUT2D eigenvalue weighted by Crippen LogP contribution is -2.09. The van der Waals surface area contributed by atoms with Gasteiger partial charge in [0.25, 0.3) is 0 Å². The van der Waals surface area contributed by atoms with E-state index in [0.29, 0.717) is 24.5 Å². The first kappa shape index (κ1) is 13.3. The van der Waals surface area contributed by atoms with Gasteiger partial charge in [-0.3, -0.25) is 0 Å². The van der Waals surface area contributed by atoms with Crippen LogP contribution in [0.1, 0.15) is 11.3 Å². The van der Waals surface area contributed by atoms with Crippen LogP contribution in [0.2, 0.25) is 5.28 Å². The van der Waals surface area contributed by atoms with Crippen LogP contribution in [0.4, 0.5) is 5.82 Å². The first-order chi connectivity index (χ1) is 9.56. The third kappa shape index (κ3) is 2.48. The molecule has 1 N–H and O–H groups in total. The minimum absolute atomic E-state index is 0.0661. The normalized spacial score (nSPS) is 15.8. The van der Waals surface area contributed by atoms with Gasteiger partial charge in [-0.15, -0.1) is 0 Å². The summed E-state index contributed by atoms with van der Waals surface area (Å²) in [4.78, 5) is 8.21. The monoisotopic (exact) mass is 309 g/mol. The van der Waals surface area contributed by atoms with Crippen molar-refractivity contribution in [2.45, 2.75) is 17.9 Å². The molecule has 0 bridgehead atoms. The number of halogens is 1. The Kier molecular flexibility index (Phi) is 3.35. The van der Waals surface area contributed by atoms with E-state index in [1.165, 1.54) is 0 Å². The number of aromatic nitrogens is 2. The van der Waals surface area contributed by atoms with Gasteiger partial charge in [0.1, 0.15) is 10.7 Å². The number of benzene rings is 1. The molecule has 0 atom stereocenters. The highest BCUT2D eigenvalue weighted by molar-refractivity contribution is 7.91. The summed E-state index contributed by atoms with van der Waals surface area (Å²) in [6.07, 6.45) is 0.389. The summed E-state index contributed by atoms with van der Waals surface area (Å²) in [5.74, 6) is 0.360. The molecule has 0 amide bonds. The lowest BCUT2D eigenvalue weighted by Gasteiger charge is -2.10. The van der Waals surface area contributed by atoms with Crippen molar-refractivity contribution in [3.05, 3.63) is 46.9 Å². The quantitative estimate of drug-likeness (QED) is 0.879.